The number of hydrogen-bond donors (Lipinski definition) is 1. The van der Waals surface area contributed by atoms with Crippen LogP contribution in [0.4, 0.5) is 10.5 Å². The van der Waals surface area contributed by atoms with Crippen LogP contribution in [0.2, 0.25) is 0 Å². The summed E-state index contributed by atoms with van der Waals surface area (Å²) in [6, 6.07) is 12.2. The molecule has 1 saturated heterocycles. The molecule has 0 unspecified atom stereocenters. The lowest BCUT2D eigenvalue weighted by atomic mass is 10.1. The zero-order valence-electron chi connectivity index (χ0n) is 13.3. The molecule has 1 aliphatic rings. The number of ether oxygens (including phenoxy) is 1. The molecule has 0 atom stereocenters. The molecule has 1 aromatic carbocycles. The lowest BCUT2D eigenvalue weighted by molar-refractivity contribution is 0.102. The van der Waals surface area contributed by atoms with Gasteiger partial charge in [0.15, 0.2) is 0 Å². The molecule has 1 aliphatic heterocycles. The van der Waals surface area contributed by atoms with Crippen LogP contribution in [0.1, 0.15) is 29.6 Å². The van der Waals surface area contributed by atoms with Crippen molar-refractivity contribution < 1.29 is 14.3 Å². The van der Waals surface area contributed by atoms with Crippen LogP contribution in [0, 0.1) is 0 Å². The topological polar surface area (TPSA) is 71.5 Å². The van der Waals surface area contributed by atoms with Gasteiger partial charge in [0.1, 0.15) is 0 Å². The number of piperidine rings is 1. The van der Waals surface area contributed by atoms with Crippen LogP contribution in [-0.4, -0.2) is 35.0 Å². The summed E-state index contributed by atoms with van der Waals surface area (Å²) in [6.45, 7) is 1.45. The third-order valence-corrected chi connectivity index (χ3v) is 3.84. The number of hydrogen-bond acceptors (Lipinski definition) is 4. The highest BCUT2D eigenvalue weighted by atomic mass is 16.6. The molecule has 0 bridgehead atoms. The number of carbonyl (C=O) groups excluding carboxylic acids is 2. The highest BCUT2D eigenvalue weighted by molar-refractivity contribution is 6.04. The molecule has 24 heavy (non-hydrogen) atoms. The molecule has 0 spiro atoms. The predicted octanol–water partition coefficient (Wildman–Crippen LogP) is 3.32. The fraction of sp³-hybridized carbons (Fsp3) is 0.278. The van der Waals surface area contributed by atoms with E-state index in [0.717, 1.165) is 32.4 Å². The Morgan fingerprint density at radius 1 is 1.00 bits per heavy atom. The van der Waals surface area contributed by atoms with Crippen LogP contribution in [0.15, 0.2) is 48.7 Å². The zero-order chi connectivity index (χ0) is 16.8. The van der Waals surface area contributed by atoms with Crippen LogP contribution in [0.5, 0.6) is 5.88 Å². The lowest BCUT2D eigenvalue weighted by Crippen LogP contribution is -2.37. The Morgan fingerprint density at radius 2 is 1.75 bits per heavy atom. The highest BCUT2D eigenvalue weighted by Crippen LogP contribution is 2.15. The number of carbonyl (C=O) groups is 2. The van der Waals surface area contributed by atoms with E-state index in [2.05, 4.69) is 10.3 Å². The lowest BCUT2D eigenvalue weighted by Gasteiger charge is -2.25. The molecular weight excluding hydrogens is 306 g/mol. The van der Waals surface area contributed by atoms with Crippen LogP contribution >= 0.6 is 0 Å². The second-order valence-electron chi connectivity index (χ2n) is 5.62. The van der Waals surface area contributed by atoms with Gasteiger partial charge in [0, 0.05) is 24.7 Å². The van der Waals surface area contributed by atoms with Crippen molar-refractivity contribution >= 4 is 17.7 Å². The monoisotopic (exact) mass is 325 g/mol. The molecule has 2 aromatic rings. The van der Waals surface area contributed by atoms with Crippen molar-refractivity contribution in [3.8, 4) is 5.88 Å². The van der Waals surface area contributed by atoms with Crippen molar-refractivity contribution in [3.05, 3.63) is 54.2 Å². The van der Waals surface area contributed by atoms with Gasteiger partial charge in [-0.3, -0.25) is 4.79 Å². The fourth-order valence-corrected chi connectivity index (χ4v) is 2.54. The number of pyridine rings is 1. The summed E-state index contributed by atoms with van der Waals surface area (Å²) in [5.74, 6) is 0.0127. The molecule has 1 N–H and O–H groups in total. The first-order valence-electron chi connectivity index (χ1n) is 8.01. The van der Waals surface area contributed by atoms with E-state index in [9.17, 15) is 9.59 Å². The van der Waals surface area contributed by atoms with E-state index in [-0.39, 0.29) is 17.9 Å². The largest absolute Gasteiger partial charge is 0.416 e. The summed E-state index contributed by atoms with van der Waals surface area (Å²) < 4.78 is 5.26. The van der Waals surface area contributed by atoms with Crippen LogP contribution in [0.3, 0.4) is 0 Å². The van der Waals surface area contributed by atoms with Gasteiger partial charge in [-0.2, -0.15) is 0 Å². The third kappa shape index (κ3) is 4.10. The quantitative estimate of drug-likeness (QED) is 0.939. The maximum Gasteiger partial charge on any atom is 0.416 e. The van der Waals surface area contributed by atoms with Crippen molar-refractivity contribution in [2.24, 2.45) is 0 Å². The normalized spacial score (nSPS) is 14.1. The van der Waals surface area contributed by atoms with Gasteiger partial charge in [-0.25, -0.2) is 9.78 Å². The molecule has 124 valence electrons. The summed E-state index contributed by atoms with van der Waals surface area (Å²) in [5.41, 5.74) is 1.11. The molecule has 6 heteroatoms. The van der Waals surface area contributed by atoms with Crippen molar-refractivity contribution in [2.75, 3.05) is 18.4 Å². The van der Waals surface area contributed by atoms with E-state index in [1.807, 2.05) is 6.07 Å². The summed E-state index contributed by atoms with van der Waals surface area (Å²) >= 11 is 0. The van der Waals surface area contributed by atoms with E-state index < -0.39 is 0 Å². The Bertz CT molecular complexity index is 695. The van der Waals surface area contributed by atoms with Crippen molar-refractivity contribution in [1.29, 1.82) is 0 Å². The third-order valence-electron chi connectivity index (χ3n) is 3.84. The van der Waals surface area contributed by atoms with Gasteiger partial charge >= 0.3 is 6.09 Å². The van der Waals surface area contributed by atoms with E-state index >= 15 is 0 Å². The molecular formula is C18H19N3O3. The molecule has 2 amide bonds. The standard InChI is InChI=1S/C18H19N3O3/c22-17(14-7-3-1-4-8-14)20-15-9-10-16(19-13-15)24-18(23)21-11-5-2-6-12-21/h1,3-4,7-10,13H,2,5-6,11-12H2,(H,20,22). The number of nitrogens with one attached hydrogen (secondary N) is 1. The van der Waals surface area contributed by atoms with Gasteiger partial charge in [-0.1, -0.05) is 18.2 Å². The number of rotatable bonds is 3. The van der Waals surface area contributed by atoms with Gasteiger partial charge in [-0.05, 0) is 37.5 Å². The summed E-state index contributed by atoms with van der Waals surface area (Å²) in [7, 11) is 0. The highest BCUT2D eigenvalue weighted by Gasteiger charge is 2.18. The SMILES string of the molecule is O=C(Nc1ccc(OC(=O)N2CCCCC2)nc1)c1ccccc1. The Kier molecular flexibility index (Phi) is 5.05. The molecule has 1 aromatic heterocycles. The number of likely N-dealkylation sites (tertiary alicyclic amines) is 1. The Morgan fingerprint density at radius 3 is 2.42 bits per heavy atom. The summed E-state index contributed by atoms with van der Waals surface area (Å²) in [6.07, 6.45) is 4.26. The van der Waals surface area contributed by atoms with Gasteiger partial charge in [0.25, 0.3) is 5.91 Å². The fourth-order valence-electron chi connectivity index (χ4n) is 2.54. The first-order chi connectivity index (χ1) is 11.7. The maximum atomic E-state index is 12.1. The van der Waals surface area contributed by atoms with Crippen LogP contribution in [0.25, 0.3) is 0 Å². The number of anilines is 1. The van der Waals surface area contributed by atoms with E-state index in [4.69, 9.17) is 4.74 Å². The second kappa shape index (κ2) is 7.59. The van der Waals surface area contributed by atoms with Gasteiger partial charge in [-0.15, -0.1) is 0 Å². The first-order valence-corrected chi connectivity index (χ1v) is 8.01. The number of aromatic nitrogens is 1. The second-order valence-corrected chi connectivity index (χ2v) is 5.62. The van der Waals surface area contributed by atoms with Gasteiger partial charge < -0.3 is 15.0 Å². The predicted molar refractivity (Wildman–Crippen MR) is 90.1 cm³/mol. The minimum atomic E-state index is -0.372. The number of amides is 2. The van der Waals surface area contributed by atoms with Crippen LogP contribution < -0.4 is 10.1 Å². The Balaban J connectivity index is 1.57. The average molecular weight is 325 g/mol. The van der Waals surface area contributed by atoms with Gasteiger partial charge in [0.2, 0.25) is 5.88 Å². The molecule has 2 heterocycles. The minimum Gasteiger partial charge on any atom is -0.391 e. The summed E-state index contributed by atoms with van der Waals surface area (Å²) in [5, 5.41) is 2.75. The Hall–Kier alpha value is -2.89. The average Bonchev–Trinajstić information content (AvgIpc) is 2.65. The molecule has 0 saturated carbocycles. The number of benzene rings is 1. The molecule has 3 rings (SSSR count). The smallest absolute Gasteiger partial charge is 0.391 e. The molecule has 6 nitrogen and oxygen atoms in total. The van der Waals surface area contributed by atoms with Crippen LogP contribution in [-0.2, 0) is 0 Å². The first kappa shape index (κ1) is 16.0. The van der Waals surface area contributed by atoms with Crippen molar-refractivity contribution in [3.63, 3.8) is 0 Å². The van der Waals surface area contributed by atoms with Crippen molar-refractivity contribution in [2.45, 2.75) is 19.3 Å². The molecule has 1 fully saturated rings. The Labute approximate surface area is 140 Å². The number of nitrogens with zero attached hydrogens (tertiary/aromatic N) is 2. The maximum absolute atomic E-state index is 12.1. The molecule has 0 aliphatic carbocycles. The zero-order valence-corrected chi connectivity index (χ0v) is 13.3. The van der Waals surface area contributed by atoms with E-state index in [1.54, 1.807) is 41.3 Å². The molecule has 0 radical (unpaired) electrons. The van der Waals surface area contributed by atoms with Gasteiger partial charge in [0.05, 0.1) is 11.9 Å². The van der Waals surface area contributed by atoms with E-state index in [1.165, 1.54) is 6.20 Å². The van der Waals surface area contributed by atoms with E-state index in [0.29, 0.717) is 11.3 Å². The van der Waals surface area contributed by atoms with Crippen molar-refractivity contribution in [1.82, 2.24) is 9.88 Å². The summed E-state index contributed by atoms with van der Waals surface area (Å²) in [4.78, 5) is 29.8. The minimum absolute atomic E-state index is 0.213.